The largest absolute Gasteiger partial charge is 0.465 e. The lowest BCUT2D eigenvalue weighted by molar-refractivity contribution is 0.0595. The molecule has 0 atom stereocenters. The Morgan fingerprint density at radius 2 is 2.25 bits per heavy atom. The highest BCUT2D eigenvalue weighted by atomic mass is 16.5. The van der Waals surface area contributed by atoms with Crippen LogP contribution in [0.2, 0.25) is 0 Å². The molecule has 60 valence electrons. The minimum atomic E-state index is -0.644. The molecular weight excluding hydrogens is 158 g/mol. The van der Waals surface area contributed by atoms with Crippen LogP contribution in [-0.4, -0.2) is 23.0 Å². The van der Waals surface area contributed by atoms with Gasteiger partial charge in [0.1, 0.15) is 6.20 Å². The maximum absolute atomic E-state index is 10.9. The highest BCUT2D eigenvalue weighted by Gasteiger charge is 2.13. The Kier molecular flexibility index (Phi) is 2.33. The van der Waals surface area contributed by atoms with Crippen molar-refractivity contribution < 1.29 is 9.53 Å². The van der Waals surface area contributed by atoms with Gasteiger partial charge in [-0.2, -0.15) is 0 Å². The van der Waals surface area contributed by atoms with Crippen LogP contribution in [0.4, 0.5) is 5.82 Å². The first-order valence-electron chi connectivity index (χ1n) is 3.06. The molecule has 0 spiro atoms. The molecule has 0 saturated heterocycles. The van der Waals surface area contributed by atoms with Crippen molar-refractivity contribution in [3.05, 3.63) is 29.5 Å². The van der Waals surface area contributed by atoms with Gasteiger partial charge < -0.3 is 9.58 Å². The number of hydrogen-bond acceptors (Lipinski definition) is 4. The summed E-state index contributed by atoms with van der Waals surface area (Å²) in [6.07, 6.45) is 2.68. The molecule has 0 amide bonds. The van der Waals surface area contributed by atoms with Crippen LogP contribution in [0, 0.1) is 6.57 Å². The smallest absolute Gasteiger partial charge is 0.347 e. The number of carbonyl (C=O) groups excluding carboxylic acids is 1. The van der Waals surface area contributed by atoms with Crippen molar-refractivity contribution in [3.63, 3.8) is 0 Å². The van der Waals surface area contributed by atoms with Gasteiger partial charge in [-0.25, -0.2) is 4.79 Å². The SMILES string of the molecule is [C-]#[N+]c1nccnc1C(=O)OC. The van der Waals surface area contributed by atoms with Crippen molar-refractivity contribution in [1.82, 2.24) is 9.97 Å². The van der Waals surface area contributed by atoms with Gasteiger partial charge in [-0.1, -0.05) is 6.57 Å². The normalized spacial score (nSPS) is 8.67. The summed E-state index contributed by atoms with van der Waals surface area (Å²) >= 11 is 0. The van der Waals surface area contributed by atoms with Crippen LogP contribution in [0.5, 0.6) is 0 Å². The fourth-order valence-corrected chi connectivity index (χ4v) is 0.653. The number of carbonyl (C=O) groups is 1. The first kappa shape index (κ1) is 8.14. The van der Waals surface area contributed by atoms with E-state index in [4.69, 9.17) is 6.57 Å². The van der Waals surface area contributed by atoms with Gasteiger partial charge in [-0.3, -0.25) is 4.98 Å². The van der Waals surface area contributed by atoms with Crippen molar-refractivity contribution in [2.24, 2.45) is 0 Å². The Hall–Kier alpha value is -1.96. The summed E-state index contributed by atoms with van der Waals surface area (Å²) in [5.74, 6) is -0.682. The number of methoxy groups -OCH3 is 1. The van der Waals surface area contributed by atoms with E-state index < -0.39 is 5.97 Å². The third-order valence-electron chi connectivity index (χ3n) is 1.16. The van der Waals surface area contributed by atoms with Gasteiger partial charge >= 0.3 is 11.8 Å². The lowest BCUT2D eigenvalue weighted by Crippen LogP contribution is -2.04. The van der Waals surface area contributed by atoms with Crippen LogP contribution < -0.4 is 0 Å². The molecule has 1 heterocycles. The Labute approximate surface area is 68.8 Å². The molecule has 1 aromatic rings. The van der Waals surface area contributed by atoms with Gasteiger partial charge in [-0.05, 0) is 0 Å². The van der Waals surface area contributed by atoms with Crippen LogP contribution in [0.15, 0.2) is 12.4 Å². The second-order valence-corrected chi connectivity index (χ2v) is 1.83. The maximum Gasteiger partial charge on any atom is 0.347 e. The van der Waals surface area contributed by atoms with Crippen molar-refractivity contribution >= 4 is 11.8 Å². The first-order valence-corrected chi connectivity index (χ1v) is 3.06. The summed E-state index contributed by atoms with van der Waals surface area (Å²) in [5, 5.41) is 0. The molecule has 1 aromatic heterocycles. The summed E-state index contributed by atoms with van der Waals surface area (Å²) in [6, 6.07) is 0. The zero-order chi connectivity index (χ0) is 8.97. The summed E-state index contributed by atoms with van der Waals surface area (Å²) < 4.78 is 4.39. The van der Waals surface area contributed by atoms with E-state index >= 15 is 0 Å². The number of rotatable bonds is 1. The number of nitrogens with zero attached hydrogens (tertiary/aromatic N) is 3. The number of ether oxygens (including phenoxy) is 1. The zero-order valence-corrected chi connectivity index (χ0v) is 6.31. The van der Waals surface area contributed by atoms with Crippen molar-refractivity contribution in [2.75, 3.05) is 7.11 Å². The first-order chi connectivity index (χ1) is 5.79. The lowest BCUT2D eigenvalue weighted by Gasteiger charge is -1.97. The standard InChI is InChI=1S/C7H5N3O2/c1-8-6-5(7(11)12-2)9-3-4-10-6/h3-4H,2H3. The van der Waals surface area contributed by atoms with Gasteiger partial charge in [0.25, 0.3) is 0 Å². The predicted molar refractivity (Wildman–Crippen MR) is 39.6 cm³/mol. The van der Waals surface area contributed by atoms with Crippen LogP contribution in [0.25, 0.3) is 4.85 Å². The molecule has 0 radical (unpaired) electrons. The molecule has 0 fully saturated rings. The Bertz CT molecular complexity index is 343. The van der Waals surface area contributed by atoms with E-state index in [1.807, 2.05) is 0 Å². The number of hydrogen-bond donors (Lipinski definition) is 0. The molecule has 5 heteroatoms. The fraction of sp³-hybridized carbons (Fsp3) is 0.143. The van der Waals surface area contributed by atoms with E-state index in [9.17, 15) is 4.79 Å². The zero-order valence-electron chi connectivity index (χ0n) is 6.31. The van der Waals surface area contributed by atoms with Crippen molar-refractivity contribution in [2.45, 2.75) is 0 Å². The second-order valence-electron chi connectivity index (χ2n) is 1.83. The number of aromatic nitrogens is 2. The quantitative estimate of drug-likeness (QED) is 0.454. The highest BCUT2D eigenvalue weighted by Crippen LogP contribution is 2.12. The predicted octanol–water partition coefficient (Wildman–Crippen LogP) is 0.814. The third-order valence-corrected chi connectivity index (χ3v) is 1.16. The fourth-order valence-electron chi connectivity index (χ4n) is 0.653. The van der Waals surface area contributed by atoms with Crippen LogP contribution >= 0.6 is 0 Å². The van der Waals surface area contributed by atoms with Gasteiger partial charge in [0.05, 0.1) is 13.3 Å². The van der Waals surface area contributed by atoms with E-state index in [2.05, 4.69) is 19.5 Å². The molecule has 5 nitrogen and oxygen atoms in total. The summed E-state index contributed by atoms with van der Waals surface area (Å²) in [6.45, 7) is 6.67. The Balaban J connectivity index is 3.16. The molecule has 0 saturated carbocycles. The van der Waals surface area contributed by atoms with Crippen LogP contribution in [-0.2, 0) is 4.74 Å². The van der Waals surface area contributed by atoms with E-state index in [-0.39, 0.29) is 11.5 Å². The van der Waals surface area contributed by atoms with Gasteiger partial charge in [0.15, 0.2) is 5.69 Å². The molecule has 0 N–H and O–H groups in total. The molecule has 1 rings (SSSR count). The molecule has 0 unspecified atom stereocenters. The molecule has 0 bridgehead atoms. The molecule has 12 heavy (non-hydrogen) atoms. The molecule has 0 aliphatic heterocycles. The van der Waals surface area contributed by atoms with E-state index in [0.717, 1.165) is 0 Å². The topological polar surface area (TPSA) is 56.4 Å². The van der Waals surface area contributed by atoms with E-state index in [0.29, 0.717) is 0 Å². The van der Waals surface area contributed by atoms with Crippen molar-refractivity contribution in [1.29, 1.82) is 0 Å². The molecular formula is C7H5N3O2. The van der Waals surface area contributed by atoms with Crippen molar-refractivity contribution in [3.8, 4) is 0 Å². The van der Waals surface area contributed by atoms with Gasteiger partial charge in [0, 0.05) is 0 Å². The average molecular weight is 163 g/mol. The summed E-state index contributed by atoms with van der Waals surface area (Å²) in [7, 11) is 1.23. The molecule has 0 aromatic carbocycles. The average Bonchev–Trinajstić information content (AvgIpc) is 2.16. The van der Waals surface area contributed by atoms with E-state index in [1.54, 1.807) is 0 Å². The molecule has 0 aliphatic rings. The number of esters is 1. The lowest BCUT2D eigenvalue weighted by atomic mass is 10.4. The van der Waals surface area contributed by atoms with Gasteiger partial charge in [0.2, 0.25) is 0 Å². The van der Waals surface area contributed by atoms with Crippen LogP contribution in [0.3, 0.4) is 0 Å². The highest BCUT2D eigenvalue weighted by molar-refractivity contribution is 5.92. The Morgan fingerprint density at radius 3 is 2.83 bits per heavy atom. The minimum absolute atomic E-state index is 0.0376. The van der Waals surface area contributed by atoms with E-state index in [1.165, 1.54) is 19.5 Å². The minimum Gasteiger partial charge on any atom is -0.465 e. The monoisotopic (exact) mass is 163 g/mol. The third kappa shape index (κ3) is 1.37. The summed E-state index contributed by atoms with van der Waals surface area (Å²) in [5.41, 5.74) is -0.0463. The Morgan fingerprint density at radius 1 is 1.58 bits per heavy atom. The molecule has 0 aliphatic carbocycles. The maximum atomic E-state index is 10.9. The second kappa shape index (κ2) is 3.44. The van der Waals surface area contributed by atoms with Crippen LogP contribution in [0.1, 0.15) is 10.5 Å². The summed E-state index contributed by atoms with van der Waals surface area (Å²) in [4.78, 5) is 21.3. The van der Waals surface area contributed by atoms with Gasteiger partial charge in [-0.15, -0.1) is 4.98 Å².